The zero-order chi connectivity index (χ0) is 10.5. The van der Waals surface area contributed by atoms with Crippen LogP contribution in [0.2, 0.25) is 0 Å². The van der Waals surface area contributed by atoms with Gasteiger partial charge in [0.1, 0.15) is 5.82 Å². The molecule has 0 saturated heterocycles. The molecule has 0 fully saturated rings. The molecule has 1 aromatic heterocycles. The van der Waals surface area contributed by atoms with Crippen LogP contribution in [0.1, 0.15) is 38.3 Å². The van der Waals surface area contributed by atoms with E-state index in [9.17, 15) is 0 Å². The fraction of sp³-hybridized carbons (Fsp3) is 0.636. The Balaban J connectivity index is 1.88. The molecule has 4 nitrogen and oxygen atoms in total. The fourth-order valence-electron chi connectivity index (χ4n) is 1.83. The highest BCUT2D eigenvalue weighted by atomic mass is 15.2. The number of nitrogens with one attached hydrogen (secondary N) is 2. The summed E-state index contributed by atoms with van der Waals surface area (Å²) < 4.78 is 0. The predicted octanol–water partition coefficient (Wildman–Crippen LogP) is 1.90. The first-order valence-electron chi connectivity index (χ1n) is 5.70. The molecule has 1 aromatic rings. The first kappa shape index (κ1) is 10.4. The topological polar surface area (TPSA) is 49.8 Å². The van der Waals surface area contributed by atoms with Gasteiger partial charge in [-0.15, -0.1) is 0 Å². The van der Waals surface area contributed by atoms with E-state index in [-0.39, 0.29) is 0 Å². The molecule has 1 aliphatic heterocycles. The van der Waals surface area contributed by atoms with Crippen molar-refractivity contribution >= 4 is 5.82 Å². The van der Waals surface area contributed by atoms with Crippen molar-refractivity contribution in [2.45, 2.75) is 45.3 Å². The summed E-state index contributed by atoms with van der Waals surface area (Å²) in [5, 5.41) is 6.79. The van der Waals surface area contributed by atoms with Crippen LogP contribution >= 0.6 is 0 Å². The Morgan fingerprint density at radius 2 is 2.20 bits per heavy atom. The van der Waals surface area contributed by atoms with Crippen molar-refractivity contribution < 1.29 is 0 Å². The monoisotopic (exact) mass is 206 g/mol. The molecule has 2 rings (SSSR count). The van der Waals surface area contributed by atoms with Crippen LogP contribution < -0.4 is 10.6 Å². The molecule has 0 bridgehead atoms. The number of anilines is 1. The van der Waals surface area contributed by atoms with E-state index in [0.29, 0.717) is 6.17 Å². The minimum Gasteiger partial charge on any atom is -0.353 e. The molecule has 0 aromatic carbocycles. The van der Waals surface area contributed by atoms with Crippen LogP contribution in [0.4, 0.5) is 5.82 Å². The first-order valence-corrected chi connectivity index (χ1v) is 5.70. The Hall–Kier alpha value is -1.16. The van der Waals surface area contributed by atoms with E-state index in [4.69, 9.17) is 0 Å². The van der Waals surface area contributed by atoms with Gasteiger partial charge in [0, 0.05) is 18.9 Å². The molecular weight excluding hydrogens is 188 g/mol. The smallest absolute Gasteiger partial charge is 0.150 e. The summed E-state index contributed by atoms with van der Waals surface area (Å²) in [4.78, 5) is 8.55. The van der Waals surface area contributed by atoms with E-state index in [1.54, 1.807) is 12.4 Å². The second-order valence-corrected chi connectivity index (χ2v) is 3.93. The second-order valence-electron chi connectivity index (χ2n) is 3.93. The van der Waals surface area contributed by atoms with Gasteiger partial charge < -0.3 is 5.32 Å². The second kappa shape index (κ2) is 5.07. The Morgan fingerprint density at radius 1 is 1.33 bits per heavy atom. The Labute approximate surface area is 90.5 Å². The zero-order valence-electron chi connectivity index (χ0n) is 9.16. The SMILES string of the molecule is CCCCCC1NCc2nccnc2N1. The molecule has 4 heteroatoms. The molecule has 82 valence electrons. The van der Waals surface area contributed by atoms with Crippen LogP contribution in [0.5, 0.6) is 0 Å². The van der Waals surface area contributed by atoms with Crippen LogP contribution in [0.25, 0.3) is 0 Å². The lowest BCUT2D eigenvalue weighted by Gasteiger charge is -2.26. The molecule has 0 aliphatic carbocycles. The van der Waals surface area contributed by atoms with Crippen molar-refractivity contribution in [3.05, 3.63) is 18.1 Å². The van der Waals surface area contributed by atoms with Crippen LogP contribution in [-0.4, -0.2) is 16.1 Å². The van der Waals surface area contributed by atoms with Gasteiger partial charge in [-0.1, -0.05) is 26.2 Å². The summed E-state index contributed by atoms with van der Waals surface area (Å²) in [5.41, 5.74) is 1.02. The number of aromatic nitrogens is 2. The highest BCUT2D eigenvalue weighted by Crippen LogP contribution is 2.16. The van der Waals surface area contributed by atoms with E-state index >= 15 is 0 Å². The standard InChI is InChI=1S/C11H18N4/c1-2-3-4-5-10-14-8-9-11(15-10)13-7-6-12-9/h6-7,10,14H,2-5,8H2,1H3,(H,13,15). The van der Waals surface area contributed by atoms with Crippen LogP contribution in [0.3, 0.4) is 0 Å². The summed E-state index contributed by atoms with van der Waals surface area (Å²) in [6.45, 7) is 3.05. The van der Waals surface area contributed by atoms with Crippen molar-refractivity contribution in [3.8, 4) is 0 Å². The summed E-state index contributed by atoms with van der Waals surface area (Å²) in [6, 6.07) is 0. The zero-order valence-corrected chi connectivity index (χ0v) is 9.16. The number of fused-ring (bicyclic) bond motifs is 1. The van der Waals surface area contributed by atoms with Gasteiger partial charge in [-0.25, -0.2) is 4.98 Å². The molecule has 0 amide bonds. The van der Waals surface area contributed by atoms with E-state index in [1.165, 1.54) is 19.3 Å². The molecule has 2 heterocycles. The minimum atomic E-state index is 0.362. The normalized spacial score (nSPS) is 19.4. The van der Waals surface area contributed by atoms with Crippen molar-refractivity contribution in [1.29, 1.82) is 0 Å². The maximum Gasteiger partial charge on any atom is 0.150 e. The highest BCUT2D eigenvalue weighted by molar-refractivity contribution is 5.42. The molecule has 1 aliphatic rings. The summed E-state index contributed by atoms with van der Waals surface area (Å²) >= 11 is 0. The number of hydrogen-bond donors (Lipinski definition) is 2. The Kier molecular flexibility index (Phi) is 3.50. The molecule has 1 atom stereocenters. The van der Waals surface area contributed by atoms with Crippen LogP contribution in [-0.2, 0) is 6.54 Å². The maximum atomic E-state index is 4.28. The van der Waals surface area contributed by atoms with Gasteiger partial charge in [0.05, 0.1) is 11.9 Å². The molecule has 0 radical (unpaired) electrons. The molecular formula is C11H18N4. The van der Waals surface area contributed by atoms with E-state index < -0.39 is 0 Å². The van der Waals surface area contributed by atoms with Crippen LogP contribution in [0, 0.1) is 0 Å². The molecule has 0 saturated carbocycles. The summed E-state index contributed by atoms with van der Waals surface area (Å²) in [6.07, 6.45) is 8.82. The van der Waals surface area contributed by atoms with Crippen molar-refractivity contribution in [3.63, 3.8) is 0 Å². The maximum absolute atomic E-state index is 4.28. The van der Waals surface area contributed by atoms with Gasteiger partial charge in [0.2, 0.25) is 0 Å². The number of rotatable bonds is 4. The van der Waals surface area contributed by atoms with Crippen molar-refractivity contribution in [2.75, 3.05) is 5.32 Å². The average molecular weight is 206 g/mol. The van der Waals surface area contributed by atoms with E-state index in [2.05, 4.69) is 27.5 Å². The van der Waals surface area contributed by atoms with Crippen LogP contribution in [0.15, 0.2) is 12.4 Å². The third kappa shape index (κ3) is 2.65. The lowest BCUT2D eigenvalue weighted by atomic mass is 10.1. The number of unbranched alkanes of at least 4 members (excludes halogenated alkanes) is 2. The lowest BCUT2D eigenvalue weighted by Crippen LogP contribution is -2.40. The Bertz CT molecular complexity index is 313. The average Bonchev–Trinajstić information content (AvgIpc) is 2.29. The van der Waals surface area contributed by atoms with Gasteiger partial charge in [0.15, 0.2) is 0 Å². The number of hydrogen-bond acceptors (Lipinski definition) is 4. The Morgan fingerprint density at radius 3 is 3.07 bits per heavy atom. The molecule has 0 spiro atoms. The van der Waals surface area contributed by atoms with Gasteiger partial charge in [0.25, 0.3) is 0 Å². The van der Waals surface area contributed by atoms with Gasteiger partial charge in [-0.2, -0.15) is 0 Å². The summed E-state index contributed by atoms with van der Waals surface area (Å²) in [7, 11) is 0. The van der Waals surface area contributed by atoms with E-state index in [0.717, 1.165) is 24.5 Å². The quantitative estimate of drug-likeness (QED) is 0.739. The molecule has 2 N–H and O–H groups in total. The van der Waals surface area contributed by atoms with Crippen molar-refractivity contribution in [2.24, 2.45) is 0 Å². The van der Waals surface area contributed by atoms with Gasteiger partial charge in [-0.05, 0) is 6.42 Å². The highest BCUT2D eigenvalue weighted by Gasteiger charge is 2.17. The van der Waals surface area contributed by atoms with Gasteiger partial charge >= 0.3 is 0 Å². The third-order valence-electron chi connectivity index (χ3n) is 2.70. The largest absolute Gasteiger partial charge is 0.353 e. The first-order chi connectivity index (χ1) is 7.40. The van der Waals surface area contributed by atoms with Gasteiger partial charge in [-0.3, -0.25) is 10.3 Å². The fourth-order valence-corrected chi connectivity index (χ4v) is 1.83. The minimum absolute atomic E-state index is 0.362. The van der Waals surface area contributed by atoms with Crippen molar-refractivity contribution in [1.82, 2.24) is 15.3 Å². The molecule has 15 heavy (non-hydrogen) atoms. The summed E-state index contributed by atoms with van der Waals surface area (Å²) in [5.74, 6) is 0.942. The predicted molar refractivity (Wildman–Crippen MR) is 60.4 cm³/mol. The molecule has 1 unspecified atom stereocenters. The van der Waals surface area contributed by atoms with E-state index in [1.807, 2.05) is 0 Å². The third-order valence-corrected chi connectivity index (χ3v) is 2.70. The lowest BCUT2D eigenvalue weighted by molar-refractivity contribution is 0.476. The number of nitrogens with zero attached hydrogens (tertiary/aromatic N) is 2.